The van der Waals surface area contributed by atoms with E-state index in [2.05, 4.69) is 10.0 Å². The fourth-order valence-corrected chi connectivity index (χ4v) is 7.17. The van der Waals surface area contributed by atoms with Gasteiger partial charge in [0.05, 0.1) is 44.7 Å². The number of carbonyl (C=O) groups is 2. The Kier molecular flexibility index (Phi) is 15.3. The first-order chi connectivity index (χ1) is 28.2. The minimum Gasteiger partial charge on any atom is -0.467 e. The number of azide groups is 1. The van der Waals surface area contributed by atoms with E-state index in [9.17, 15) is 9.59 Å². The Morgan fingerprint density at radius 2 is 1.34 bits per heavy atom. The first-order valence-electron chi connectivity index (χ1n) is 19.6. The molecule has 2 saturated heterocycles. The van der Waals surface area contributed by atoms with E-state index in [1.54, 1.807) is 24.3 Å². The molecule has 0 N–H and O–H groups in total. The van der Waals surface area contributed by atoms with Crippen LogP contribution in [-0.4, -0.2) is 75.3 Å². The van der Waals surface area contributed by atoms with Gasteiger partial charge >= 0.3 is 11.9 Å². The number of ether oxygens (including phenoxy) is 8. The molecule has 0 saturated carbocycles. The van der Waals surface area contributed by atoms with Crippen molar-refractivity contribution in [2.45, 2.75) is 83.5 Å². The van der Waals surface area contributed by atoms with Gasteiger partial charge in [-0.3, -0.25) is 0 Å². The molecule has 0 radical (unpaired) electrons. The van der Waals surface area contributed by atoms with E-state index in [0.717, 1.165) is 16.7 Å². The third kappa shape index (κ3) is 11.0. The fourth-order valence-electron chi connectivity index (χ4n) is 7.17. The Labute approximate surface area is 339 Å². The summed E-state index contributed by atoms with van der Waals surface area (Å²) in [6.07, 6.45) is -5.77. The van der Waals surface area contributed by atoms with Crippen molar-refractivity contribution < 1.29 is 47.5 Å². The van der Waals surface area contributed by atoms with Crippen LogP contribution in [-0.2, 0) is 57.6 Å². The molecule has 13 heteroatoms. The number of benzene rings is 4. The molecular weight excluding hydrogens is 743 g/mol. The van der Waals surface area contributed by atoms with Crippen LogP contribution in [0.1, 0.15) is 47.8 Å². The highest BCUT2D eigenvalue weighted by Crippen LogP contribution is 2.39. The third-order valence-corrected chi connectivity index (χ3v) is 10.8. The molecule has 0 bridgehead atoms. The molecule has 0 aromatic heterocycles. The average molecular weight is 794 g/mol. The smallest absolute Gasteiger partial charge is 0.338 e. The van der Waals surface area contributed by atoms with E-state index in [1.165, 1.54) is 7.11 Å². The maximum absolute atomic E-state index is 13.6. The summed E-state index contributed by atoms with van der Waals surface area (Å²) in [7, 11) is 1.31. The van der Waals surface area contributed by atoms with Gasteiger partial charge in [-0.2, -0.15) is 0 Å². The lowest BCUT2D eigenvalue weighted by atomic mass is 9.83. The molecule has 4 aromatic carbocycles. The van der Waals surface area contributed by atoms with Gasteiger partial charge in [-0.1, -0.05) is 117 Å². The molecule has 10 atom stereocenters. The lowest BCUT2D eigenvalue weighted by Gasteiger charge is -2.48. The van der Waals surface area contributed by atoms with Gasteiger partial charge in [-0.15, -0.1) is 0 Å². The Balaban J connectivity index is 1.34. The maximum atomic E-state index is 13.6. The van der Waals surface area contributed by atoms with Gasteiger partial charge in [0.25, 0.3) is 0 Å². The molecule has 0 amide bonds. The summed E-state index contributed by atoms with van der Waals surface area (Å²) in [5, 5.41) is 3.64. The van der Waals surface area contributed by atoms with Crippen molar-refractivity contribution in [3.8, 4) is 5.75 Å². The molecule has 0 aliphatic carbocycles. The van der Waals surface area contributed by atoms with Crippen LogP contribution in [0.4, 0.5) is 0 Å². The summed E-state index contributed by atoms with van der Waals surface area (Å²) in [5.74, 6) is -1.76. The summed E-state index contributed by atoms with van der Waals surface area (Å²) in [6.45, 7) is 6.82. The lowest BCUT2D eigenvalue weighted by molar-refractivity contribution is -0.338. The summed E-state index contributed by atoms with van der Waals surface area (Å²) in [6, 6.07) is 35.7. The quantitative estimate of drug-likeness (QED) is 0.0446. The second-order valence-corrected chi connectivity index (χ2v) is 14.6. The van der Waals surface area contributed by atoms with E-state index in [4.69, 9.17) is 43.4 Å². The number of rotatable bonds is 17. The van der Waals surface area contributed by atoms with Gasteiger partial charge in [-0.25, -0.2) is 9.59 Å². The summed E-state index contributed by atoms with van der Waals surface area (Å²) in [4.78, 5) is 29.5. The number of methoxy groups -OCH3 is 1. The Hall–Kier alpha value is -5.27. The SMILES string of the molecule is COC(=O)C1O[C@@H](O[C@@H]2C(OCc3ccccc3)[C@H](Oc3ccc(CCN=[N+]=[N-])cc3)OC(COCc3ccccc3)[C@@H]2C)C(OC(=O)c2ccccc2)[C@@H](C)[C@@H]1C. The molecule has 4 unspecified atom stereocenters. The van der Waals surface area contributed by atoms with Crippen LogP contribution in [0.5, 0.6) is 5.75 Å². The average Bonchev–Trinajstić information content (AvgIpc) is 3.26. The highest BCUT2D eigenvalue weighted by molar-refractivity contribution is 5.89. The minimum atomic E-state index is -1.21. The molecular formula is C45H51N3O10. The summed E-state index contributed by atoms with van der Waals surface area (Å²) < 4.78 is 51.0. The molecule has 6 rings (SSSR count). The predicted molar refractivity (Wildman–Crippen MR) is 213 cm³/mol. The van der Waals surface area contributed by atoms with E-state index < -0.39 is 55.0 Å². The normalized spacial score (nSPS) is 26.8. The number of nitrogens with zero attached hydrogens (tertiary/aromatic N) is 3. The Bertz CT molecular complexity index is 1930. The van der Waals surface area contributed by atoms with Crippen molar-refractivity contribution in [1.82, 2.24) is 0 Å². The highest BCUT2D eigenvalue weighted by atomic mass is 16.7. The third-order valence-electron chi connectivity index (χ3n) is 10.8. The van der Waals surface area contributed by atoms with Crippen LogP contribution >= 0.6 is 0 Å². The zero-order valence-corrected chi connectivity index (χ0v) is 33.2. The second-order valence-electron chi connectivity index (χ2n) is 14.6. The van der Waals surface area contributed by atoms with E-state index in [0.29, 0.717) is 30.9 Å². The maximum Gasteiger partial charge on any atom is 0.338 e. The number of hydrogen-bond donors (Lipinski definition) is 0. The van der Waals surface area contributed by atoms with Gasteiger partial charge < -0.3 is 37.9 Å². The van der Waals surface area contributed by atoms with Crippen LogP contribution in [0, 0.1) is 17.8 Å². The first-order valence-corrected chi connectivity index (χ1v) is 19.6. The Morgan fingerprint density at radius 3 is 1.98 bits per heavy atom. The molecule has 4 aromatic rings. The van der Waals surface area contributed by atoms with Crippen molar-refractivity contribution in [3.63, 3.8) is 0 Å². The standard InChI is InChI=1S/C45H51N3O10/c1-29-30(2)40(56-42(49)35-18-12-7-13-19-35)44(58-39(29)43(50)51-4)57-38-31(3)37(28-52-26-33-14-8-5-9-15-33)55-45(41(38)53-27-34-16-10-6-11-17-34)54-36-22-20-32(21-23-36)24-25-47-48-46/h5-23,29-31,37-41,44-45H,24-28H2,1-4H3/t29-,30-,31-,37?,38-,39?,40?,41?,44+,45+/m0/s1. The minimum absolute atomic E-state index is 0.190. The van der Waals surface area contributed by atoms with Crippen molar-refractivity contribution in [1.29, 1.82) is 0 Å². The van der Waals surface area contributed by atoms with Crippen molar-refractivity contribution in [3.05, 3.63) is 148 Å². The molecule has 2 heterocycles. The highest BCUT2D eigenvalue weighted by Gasteiger charge is 2.53. The Morgan fingerprint density at radius 1 is 0.707 bits per heavy atom. The van der Waals surface area contributed by atoms with Gasteiger partial charge in [0, 0.05) is 23.3 Å². The molecule has 2 aliphatic heterocycles. The zero-order valence-electron chi connectivity index (χ0n) is 33.2. The summed E-state index contributed by atoms with van der Waals surface area (Å²) in [5.41, 5.74) is 12.0. The number of hydrogen-bond acceptors (Lipinski definition) is 11. The molecule has 2 fully saturated rings. The number of esters is 2. The first kappa shape index (κ1) is 42.3. The predicted octanol–water partition coefficient (Wildman–Crippen LogP) is 7.86. The monoisotopic (exact) mass is 793 g/mol. The summed E-state index contributed by atoms with van der Waals surface area (Å²) >= 11 is 0. The second kappa shape index (κ2) is 20.9. The van der Waals surface area contributed by atoms with Gasteiger partial charge in [0.1, 0.15) is 11.9 Å². The van der Waals surface area contributed by atoms with E-state index in [1.807, 2.05) is 112 Å². The van der Waals surface area contributed by atoms with Crippen molar-refractivity contribution in [2.24, 2.45) is 22.9 Å². The molecule has 0 spiro atoms. The van der Waals surface area contributed by atoms with Crippen LogP contribution < -0.4 is 4.74 Å². The molecule has 58 heavy (non-hydrogen) atoms. The fraction of sp³-hybridized carbons (Fsp3) is 0.422. The number of carbonyl (C=O) groups excluding carboxylic acids is 2. The van der Waals surface area contributed by atoms with Crippen LogP contribution in [0.2, 0.25) is 0 Å². The van der Waals surface area contributed by atoms with Crippen molar-refractivity contribution >= 4 is 11.9 Å². The molecule has 13 nitrogen and oxygen atoms in total. The van der Waals surface area contributed by atoms with Crippen LogP contribution in [0.25, 0.3) is 10.4 Å². The lowest BCUT2D eigenvalue weighted by Crippen LogP contribution is -2.62. The molecule has 306 valence electrons. The van der Waals surface area contributed by atoms with Crippen LogP contribution in [0.3, 0.4) is 0 Å². The van der Waals surface area contributed by atoms with Crippen molar-refractivity contribution in [2.75, 3.05) is 20.3 Å². The largest absolute Gasteiger partial charge is 0.467 e. The zero-order chi connectivity index (χ0) is 40.9. The van der Waals surface area contributed by atoms with Crippen LogP contribution in [0.15, 0.2) is 120 Å². The topological polar surface area (TPSA) is 157 Å². The van der Waals surface area contributed by atoms with E-state index in [-0.39, 0.29) is 31.0 Å². The van der Waals surface area contributed by atoms with Gasteiger partial charge in [0.2, 0.25) is 6.29 Å². The van der Waals surface area contributed by atoms with E-state index >= 15 is 0 Å². The molecule has 2 aliphatic rings. The van der Waals surface area contributed by atoms with Gasteiger partial charge in [-0.05, 0) is 58.8 Å². The van der Waals surface area contributed by atoms with Gasteiger partial charge in [0.15, 0.2) is 18.5 Å².